The van der Waals surface area contributed by atoms with Crippen molar-refractivity contribution in [3.63, 3.8) is 0 Å². The number of carbonyl (C=O) groups excluding carboxylic acids is 2. The molecule has 0 radical (unpaired) electrons. The molecule has 1 saturated heterocycles. The third kappa shape index (κ3) is 6.39. The molecule has 9 heteroatoms. The SMILES string of the molecule is COc1cc(/C=C2\SC(=O)N(Cc3ccc(Cl)cc3Cl)C2=O)ccc1OCCSc1cccc2ccccc12. The van der Waals surface area contributed by atoms with Crippen molar-refractivity contribution in [1.82, 2.24) is 4.90 Å². The smallest absolute Gasteiger partial charge is 0.293 e. The Morgan fingerprint density at radius 1 is 0.949 bits per heavy atom. The zero-order valence-corrected chi connectivity index (χ0v) is 24.0. The van der Waals surface area contributed by atoms with Crippen molar-refractivity contribution < 1.29 is 19.1 Å². The van der Waals surface area contributed by atoms with E-state index in [0.29, 0.717) is 38.6 Å². The number of hydrogen-bond donors (Lipinski definition) is 0. The summed E-state index contributed by atoms with van der Waals surface area (Å²) in [4.78, 5) is 28.3. The van der Waals surface area contributed by atoms with Gasteiger partial charge in [0.1, 0.15) is 0 Å². The average molecular weight is 597 g/mol. The number of amides is 2. The Morgan fingerprint density at radius 2 is 1.77 bits per heavy atom. The minimum Gasteiger partial charge on any atom is -0.493 e. The minimum absolute atomic E-state index is 0.0743. The number of ether oxygens (including phenoxy) is 2. The monoisotopic (exact) mass is 595 g/mol. The van der Waals surface area contributed by atoms with E-state index in [2.05, 4.69) is 30.3 Å². The van der Waals surface area contributed by atoms with Gasteiger partial charge < -0.3 is 9.47 Å². The summed E-state index contributed by atoms with van der Waals surface area (Å²) in [5.41, 5.74) is 1.37. The number of rotatable bonds is 9. The van der Waals surface area contributed by atoms with Crippen LogP contribution in [-0.2, 0) is 11.3 Å². The highest BCUT2D eigenvalue weighted by Crippen LogP contribution is 2.36. The predicted octanol–water partition coefficient (Wildman–Crippen LogP) is 8.56. The number of carbonyl (C=O) groups is 2. The fraction of sp³-hybridized carbons (Fsp3) is 0.133. The number of methoxy groups -OCH3 is 1. The molecule has 4 aromatic carbocycles. The molecule has 198 valence electrons. The van der Waals surface area contributed by atoms with Crippen molar-refractivity contribution in [3.8, 4) is 11.5 Å². The van der Waals surface area contributed by atoms with Crippen LogP contribution in [0.2, 0.25) is 10.0 Å². The first-order chi connectivity index (χ1) is 18.9. The summed E-state index contributed by atoms with van der Waals surface area (Å²) in [5.74, 6) is 1.55. The molecule has 0 bridgehead atoms. The predicted molar refractivity (Wildman–Crippen MR) is 161 cm³/mol. The normalized spacial score (nSPS) is 14.4. The van der Waals surface area contributed by atoms with E-state index in [4.69, 9.17) is 32.7 Å². The van der Waals surface area contributed by atoms with Crippen molar-refractivity contribution in [3.05, 3.63) is 105 Å². The zero-order chi connectivity index (χ0) is 27.4. The molecule has 0 unspecified atom stereocenters. The lowest BCUT2D eigenvalue weighted by atomic mass is 10.1. The number of imide groups is 1. The van der Waals surface area contributed by atoms with Gasteiger partial charge in [-0.1, -0.05) is 71.7 Å². The van der Waals surface area contributed by atoms with Gasteiger partial charge in [0, 0.05) is 20.7 Å². The summed E-state index contributed by atoms with van der Waals surface area (Å²) in [6.45, 7) is 0.570. The van der Waals surface area contributed by atoms with Crippen LogP contribution >= 0.6 is 46.7 Å². The van der Waals surface area contributed by atoms with Crippen LogP contribution in [-0.4, -0.2) is 35.5 Å². The van der Waals surface area contributed by atoms with Gasteiger partial charge in [-0.2, -0.15) is 0 Å². The Hall–Kier alpha value is -3.10. The fourth-order valence-corrected chi connectivity index (χ4v) is 6.34. The quantitative estimate of drug-likeness (QED) is 0.110. The second-order valence-corrected chi connectivity index (χ2v) is 11.6. The molecular weight excluding hydrogens is 573 g/mol. The highest BCUT2D eigenvalue weighted by Gasteiger charge is 2.35. The van der Waals surface area contributed by atoms with Gasteiger partial charge in [0.05, 0.1) is 25.2 Å². The summed E-state index contributed by atoms with van der Waals surface area (Å²) in [6, 6.07) is 25.0. The van der Waals surface area contributed by atoms with Crippen molar-refractivity contribution in [1.29, 1.82) is 0 Å². The van der Waals surface area contributed by atoms with Crippen molar-refractivity contribution in [2.45, 2.75) is 11.4 Å². The molecule has 0 saturated carbocycles. The molecular formula is C30H23Cl2NO4S2. The van der Waals surface area contributed by atoms with Crippen LogP contribution in [0, 0.1) is 0 Å². The van der Waals surface area contributed by atoms with Gasteiger partial charge in [0.15, 0.2) is 11.5 Å². The van der Waals surface area contributed by atoms with Crippen molar-refractivity contribution in [2.24, 2.45) is 0 Å². The van der Waals surface area contributed by atoms with E-state index >= 15 is 0 Å². The van der Waals surface area contributed by atoms with Gasteiger partial charge in [-0.25, -0.2) is 0 Å². The van der Waals surface area contributed by atoms with E-state index in [-0.39, 0.29) is 17.7 Å². The summed E-state index contributed by atoms with van der Waals surface area (Å²) in [5, 5.41) is 2.98. The molecule has 0 aromatic heterocycles. The number of halogens is 2. The molecule has 0 spiro atoms. The Bertz CT molecular complexity index is 1590. The molecule has 0 aliphatic carbocycles. The van der Waals surface area contributed by atoms with E-state index in [1.807, 2.05) is 24.3 Å². The number of hydrogen-bond acceptors (Lipinski definition) is 6. The van der Waals surface area contributed by atoms with Crippen molar-refractivity contribution >= 4 is 74.7 Å². The molecule has 5 nitrogen and oxygen atoms in total. The third-order valence-electron chi connectivity index (χ3n) is 6.05. The average Bonchev–Trinajstić information content (AvgIpc) is 3.20. The molecule has 1 heterocycles. The van der Waals surface area contributed by atoms with Crippen LogP contribution in [0.1, 0.15) is 11.1 Å². The number of benzene rings is 4. The van der Waals surface area contributed by atoms with Gasteiger partial charge in [0.25, 0.3) is 11.1 Å². The van der Waals surface area contributed by atoms with Crippen LogP contribution in [0.3, 0.4) is 0 Å². The van der Waals surface area contributed by atoms with Gasteiger partial charge in [-0.05, 0) is 70.1 Å². The van der Waals surface area contributed by atoms with Crippen LogP contribution < -0.4 is 9.47 Å². The highest BCUT2D eigenvalue weighted by molar-refractivity contribution is 8.18. The van der Waals surface area contributed by atoms with Crippen molar-refractivity contribution in [2.75, 3.05) is 19.5 Å². The number of thioether (sulfide) groups is 2. The largest absolute Gasteiger partial charge is 0.493 e. The maximum atomic E-state index is 13.0. The third-order valence-corrected chi connectivity index (χ3v) is 8.58. The zero-order valence-electron chi connectivity index (χ0n) is 20.9. The Labute approximate surface area is 245 Å². The van der Waals surface area contributed by atoms with Gasteiger partial charge in [-0.3, -0.25) is 14.5 Å². The summed E-state index contributed by atoms with van der Waals surface area (Å²) >= 11 is 14.8. The van der Waals surface area contributed by atoms with Gasteiger partial charge in [0.2, 0.25) is 0 Å². The second kappa shape index (κ2) is 12.4. The van der Waals surface area contributed by atoms with Crippen LogP contribution in [0.4, 0.5) is 4.79 Å². The lowest BCUT2D eigenvalue weighted by Crippen LogP contribution is -2.27. The summed E-state index contributed by atoms with van der Waals surface area (Å²) in [6.07, 6.45) is 1.68. The molecule has 39 heavy (non-hydrogen) atoms. The Kier molecular flexibility index (Phi) is 8.72. The lowest BCUT2D eigenvalue weighted by Gasteiger charge is -2.14. The first kappa shape index (κ1) is 27.5. The van der Waals surface area contributed by atoms with E-state index in [1.165, 1.54) is 20.6 Å². The molecule has 0 atom stereocenters. The van der Waals surface area contributed by atoms with Gasteiger partial charge >= 0.3 is 0 Å². The number of nitrogens with zero attached hydrogens (tertiary/aromatic N) is 1. The standard InChI is InChI=1S/C30H23Cl2NO4S2/c1-36-26-15-19(16-28-29(34)33(30(35)39-28)18-21-10-11-22(31)17-24(21)32)9-12-25(26)37-13-14-38-27-8-4-6-20-5-2-3-7-23(20)27/h2-12,15-17H,13-14,18H2,1H3/b28-16-. The second-order valence-electron chi connectivity index (χ2n) is 8.59. The Balaban J connectivity index is 1.23. The number of fused-ring (bicyclic) bond motifs is 1. The topological polar surface area (TPSA) is 55.8 Å². The maximum Gasteiger partial charge on any atom is 0.293 e. The molecule has 4 aromatic rings. The first-order valence-electron chi connectivity index (χ1n) is 12.0. The van der Waals surface area contributed by atoms with E-state index in [0.717, 1.165) is 23.1 Å². The summed E-state index contributed by atoms with van der Waals surface area (Å²) < 4.78 is 11.5. The molecule has 1 fully saturated rings. The first-order valence-corrected chi connectivity index (χ1v) is 14.6. The van der Waals surface area contributed by atoms with E-state index in [9.17, 15) is 9.59 Å². The van der Waals surface area contributed by atoms with Crippen LogP contribution in [0.5, 0.6) is 11.5 Å². The van der Waals surface area contributed by atoms with Crippen LogP contribution in [0.25, 0.3) is 16.8 Å². The maximum absolute atomic E-state index is 13.0. The van der Waals surface area contributed by atoms with E-state index < -0.39 is 0 Å². The molecule has 1 aliphatic heterocycles. The highest BCUT2D eigenvalue weighted by atomic mass is 35.5. The van der Waals surface area contributed by atoms with Crippen LogP contribution in [0.15, 0.2) is 88.7 Å². The molecule has 1 aliphatic rings. The van der Waals surface area contributed by atoms with E-state index in [1.54, 1.807) is 49.2 Å². The molecule has 0 N–H and O–H groups in total. The minimum atomic E-state index is -0.374. The fourth-order valence-electron chi connectivity index (χ4n) is 4.13. The van der Waals surface area contributed by atoms with Gasteiger partial charge in [-0.15, -0.1) is 11.8 Å². The molecule has 5 rings (SSSR count). The lowest BCUT2D eigenvalue weighted by molar-refractivity contribution is -0.123. The Morgan fingerprint density at radius 3 is 2.59 bits per heavy atom. The molecule has 2 amide bonds. The summed E-state index contributed by atoms with van der Waals surface area (Å²) in [7, 11) is 1.57.